The molecule has 0 saturated carbocycles. The van der Waals surface area contributed by atoms with Crippen molar-refractivity contribution in [2.45, 2.75) is 32.6 Å². The molecule has 1 saturated heterocycles. The van der Waals surface area contributed by atoms with Crippen LogP contribution in [0.3, 0.4) is 0 Å². The first-order chi connectivity index (χ1) is 11.2. The molecule has 0 N–H and O–H groups in total. The summed E-state index contributed by atoms with van der Waals surface area (Å²) in [6, 6.07) is 8.08. The number of hydrogen-bond donors (Lipinski definition) is 0. The number of rotatable bonds is 4. The summed E-state index contributed by atoms with van der Waals surface area (Å²) in [6.07, 6.45) is 1.86. The van der Waals surface area contributed by atoms with E-state index < -0.39 is 6.04 Å². The molecule has 4 rings (SSSR count). The Morgan fingerprint density at radius 2 is 2.00 bits per heavy atom. The van der Waals surface area contributed by atoms with Crippen molar-refractivity contribution in [1.82, 2.24) is 25.0 Å². The summed E-state index contributed by atoms with van der Waals surface area (Å²) in [5.41, 5.74) is 3.62. The van der Waals surface area contributed by atoms with Crippen LogP contribution < -0.4 is 0 Å². The van der Waals surface area contributed by atoms with E-state index in [0.717, 1.165) is 25.3 Å². The fraction of sp³-hybridized carbons (Fsp3) is 0.438. The number of carbonyl (C=O) groups excluding carboxylic acids is 1. The first-order valence-electron chi connectivity index (χ1n) is 7.88. The molecule has 1 aromatic carbocycles. The Morgan fingerprint density at radius 3 is 2.65 bits per heavy atom. The number of nitrogens with zero attached hydrogens (tertiary/aromatic N) is 5. The minimum Gasteiger partial charge on any atom is -0.289 e. The number of likely N-dealkylation sites (N-methyl/N-ethyl adjacent to an activating group) is 1. The van der Waals surface area contributed by atoms with Crippen molar-refractivity contribution in [1.29, 1.82) is 0 Å². The normalized spacial score (nSPS) is 21.2. The molecule has 0 aliphatic carbocycles. The van der Waals surface area contributed by atoms with Crippen molar-refractivity contribution in [3.8, 4) is 0 Å². The fourth-order valence-electron chi connectivity index (χ4n) is 3.18. The highest BCUT2D eigenvalue weighted by Crippen LogP contribution is 2.24. The molecule has 2 aromatic rings. The molecule has 1 unspecified atom stereocenters. The van der Waals surface area contributed by atoms with Crippen LogP contribution in [0.15, 0.2) is 30.5 Å². The van der Waals surface area contributed by atoms with Crippen LogP contribution >= 0.6 is 0 Å². The third kappa shape index (κ3) is 2.62. The van der Waals surface area contributed by atoms with Gasteiger partial charge in [-0.15, -0.1) is 5.10 Å². The second-order valence-electron chi connectivity index (χ2n) is 5.95. The molecule has 1 aromatic heterocycles. The fourth-order valence-corrected chi connectivity index (χ4v) is 3.18. The zero-order chi connectivity index (χ0) is 15.8. The molecule has 0 radical (unpaired) electrons. The lowest BCUT2D eigenvalue weighted by Gasteiger charge is -2.12. The van der Waals surface area contributed by atoms with Crippen LogP contribution in [-0.4, -0.2) is 44.0 Å². The van der Waals surface area contributed by atoms with Gasteiger partial charge >= 0.3 is 0 Å². The third-order valence-electron chi connectivity index (χ3n) is 4.38. The largest absolute Gasteiger partial charge is 0.289 e. The first kappa shape index (κ1) is 14.3. The van der Waals surface area contributed by atoms with Gasteiger partial charge < -0.3 is 0 Å². The maximum Gasteiger partial charge on any atom is 0.273 e. The SMILES string of the molecule is CCN1OCC(n2cc(CN3Cc4ccccc4C3)nn2)C1=O. The summed E-state index contributed by atoms with van der Waals surface area (Å²) in [7, 11) is 0. The highest BCUT2D eigenvalue weighted by atomic mass is 16.7. The van der Waals surface area contributed by atoms with Crippen molar-refractivity contribution >= 4 is 5.91 Å². The maximum atomic E-state index is 12.1. The van der Waals surface area contributed by atoms with Crippen LogP contribution in [0.4, 0.5) is 0 Å². The van der Waals surface area contributed by atoms with E-state index in [4.69, 9.17) is 4.84 Å². The molecule has 2 aliphatic heterocycles. The van der Waals surface area contributed by atoms with Crippen LogP contribution in [0, 0.1) is 0 Å². The number of hydrogen-bond acceptors (Lipinski definition) is 5. The standard InChI is InChI=1S/C16H19N5O2/c1-2-21-16(22)15(11-23-21)20-10-14(17-18-20)9-19-7-12-5-3-4-6-13(12)8-19/h3-6,10,15H,2,7-9,11H2,1H3. The van der Waals surface area contributed by atoms with Crippen LogP contribution in [0.2, 0.25) is 0 Å². The van der Waals surface area contributed by atoms with Crippen LogP contribution in [-0.2, 0) is 29.3 Å². The topological polar surface area (TPSA) is 63.5 Å². The van der Waals surface area contributed by atoms with Crippen LogP contribution in [0.5, 0.6) is 0 Å². The van der Waals surface area contributed by atoms with Crippen molar-refractivity contribution < 1.29 is 9.63 Å². The quantitative estimate of drug-likeness (QED) is 0.846. The molecule has 3 heterocycles. The van der Waals surface area contributed by atoms with Gasteiger partial charge in [-0.3, -0.25) is 14.5 Å². The van der Waals surface area contributed by atoms with E-state index in [2.05, 4.69) is 39.5 Å². The molecule has 1 atom stereocenters. The smallest absolute Gasteiger partial charge is 0.273 e. The Kier molecular flexibility index (Phi) is 3.59. The molecular weight excluding hydrogens is 294 g/mol. The summed E-state index contributed by atoms with van der Waals surface area (Å²) in [6.45, 7) is 5.34. The lowest BCUT2D eigenvalue weighted by Crippen LogP contribution is -2.27. The Balaban J connectivity index is 1.43. The van der Waals surface area contributed by atoms with Crippen molar-refractivity contribution in [3.63, 3.8) is 0 Å². The summed E-state index contributed by atoms with van der Waals surface area (Å²) in [5, 5.41) is 9.72. The maximum absolute atomic E-state index is 12.1. The van der Waals surface area contributed by atoms with Crippen LogP contribution in [0.25, 0.3) is 0 Å². The van der Waals surface area contributed by atoms with E-state index in [1.165, 1.54) is 16.2 Å². The molecule has 7 nitrogen and oxygen atoms in total. The van der Waals surface area contributed by atoms with Crippen molar-refractivity contribution in [2.75, 3.05) is 13.2 Å². The van der Waals surface area contributed by atoms with Gasteiger partial charge in [0.05, 0.1) is 11.9 Å². The van der Waals surface area contributed by atoms with Gasteiger partial charge in [-0.2, -0.15) is 0 Å². The Labute approximate surface area is 134 Å². The van der Waals surface area contributed by atoms with Gasteiger partial charge in [-0.1, -0.05) is 29.5 Å². The lowest BCUT2D eigenvalue weighted by molar-refractivity contribution is -0.160. The van der Waals surface area contributed by atoms with E-state index in [9.17, 15) is 4.79 Å². The van der Waals surface area contributed by atoms with E-state index in [0.29, 0.717) is 13.2 Å². The highest BCUT2D eigenvalue weighted by molar-refractivity contribution is 5.80. The zero-order valence-electron chi connectivity index (χ0n) is 13.1. The summed E-state index contributed by atoms with van der Waals surface area (Å²) < 4.78 is 1.62. The molecule has 7 heteroatoms. The second-order valence-corrected chi connectivity index (χ2v) is 5.95. The number of carbonyl (C=O) groups is 1. The van der Waals surface area contributed by atoms with E-state index in [-0.39, 0.29) is 5.91 Å². The molecule has 0 spiro atoms. The number of hydroxylamine groups is 2. The highest BCUT2D eigenvalue weighted by Gasteiger charge is 2.34. The van der Waals surface area contributed by atoms with E-state index >= 15 is 0 Å². The monoisotopic (exact) mass is 313 g/mol. The van der Waals surface area contributed by atoms with Crippen molar-refractivity contribution in [3.05, 3.63) is 47.3 Å². The van der Waals surface area contributed by atoms with E-state index in [1.807, 2.05) is 13.1 Å². The second kappa shape index (κ2) is 5.75. The van der Waals surface area contributed by atoms with Crippen LogP contribution in [0.1, 0.15) is 29.8 Å². The number of fused-ring (bicyclic) bond motifs is 1. The van der Waals surface area contributed by atoms with Gasteiger partial charge in [0.2, 0.25) is 0 Å². The summed E-state index contributed by atoms with van der Waals surface area (Å²) >= 11 is 0. The van der Waals surface area contributed by atoms with Gasteiger partial charge in [0, 0.05) is 26.2 Å². The van der Waals surface area contributed by atoms with Gasteiger partial charge in [-0.25, -0.2) is 9.75 Å². The van der Waals surface area contributed by atoms with Gasteiger partial charge in [0.15, 0.2) is 6.04 Å². The number of aromatic nitrogens is 3. The molecule has 0 bridgehead atoms. The predicted molar refractivity (Wildman–Crippen MR) is 81.8 cm³/mol. The average Bonchev–Trinajstić information content (AvgIpc) is 3.25. The number of amides is 1. The van der Waals surface area contributed by atoms with Gasteiger partial charge in [-0.05, 0) is 18.1 Å². The third-order valence-corrected chi connectivity index (χ3v) is 4.38. The van der Waals surface area contributed by atoms with E-state index in [1.54, 1.807) is 4.68 Å². The summed E-state index contributed by atoms with van der Waals surface area (Å²) in [5.74, 6) is -0.0578. The molecular formula is C16H19N5O2. The van der Waals surface area contributed by atoms with Crippen molar-refractivity contribution in [2.24, 2.45) is 0 Å². The predicted octanol–water partition coefficient (Wildman–Crippen LogP) is 1.13. The number of benzene rings is 1. The minimum atomic E-state index is -0.396. The Morgan fingerprint density at radius 1 is 1.26 bits per heavy atom. The molecule has 23 heavy (non-hydrogen) atoms. The zero-order valence-corrected chi connectivity index (χ0v) is 13.1. The Hall–Kier alpha value is -2.25. The van der Waals surface area contributed by atoms with Gasteiger partial charge in [0.1, 0.15) is 6.61 Å². The molecule has 2 aliphatic rings. The molecule has 120 valence electrons. The Bertz CT molecular complexity index is 704. The average molecular weight is 313 g/mol. The minimum absolute atomic E-state index is 0.0578. The first-order valence-corrected chi connectivity index (χ1v) is 7.88. The van der Waals surface area contributed by atoms with Gasteiger partial charge in [0.25, 0.3) is 5.91 Å². The summed E-state index contributed by atoms with van der Waals surface area (Å²) in [4.78, 5) is 19.8. The molecule has 1 amide bonds. The molecule has 1 fully saturated rings. The lowest BCUT2D eigenvalue weighted by atomic mass is 10.1.